The van der Waals surface area contributed by atoms with Crippen molar-refractivity contribution in [2.45, 2.75) is 32.0 Å². The van der Waals surface area contributed by atoms with E-state index < -0.39 is 43.0 Å². The molecule has 0 unspecified atom stereocenters. The molecule has 0 aromatic heterocycles. The van der Waals surface area contributed by atoms with Crippen molar-refractivity contribution >= 4 is 8.32 Å². The van der Waals surface area contributed by atoms with Crippen LogP contribution in [0.2, 0.25) is 19.1 Å². The second-order valence-electron chi connectivity index (χ2n) is 4.87. The second-order valence-corrected chi connectivity index (χ2v) is 9.29. The van der Waals surface area contributed by atoms with Gasteiger partial charge in [-0.05, 0) is 32.0 Å². The number of benzene rings is 1. The Hall–Kier alpha value is -0.953. The van der Waals surface area contributed by atoms with Gasteiger partial charge in [-0.25, -0.2) is 22.0 Å². The molecule has 0 saturated heterocycles. The van der Waals surface area contributed by atoms with Crippen LogP contribution >= 0.6 is 0 Å². The van der Waals surface area contributed by atoms with Crippen LogP contribution < -0.4 is 0 Å². The molecule has 1 aromatic carbocycles. The maximum absolute atomic E-state index is 13.4. The first-order chi connectivity index (χ1) is 8.71. The van der Waals surface area contributed by atoms with Crippen molar-refractivity contribution in [3.05, 3.63) is 34.6 Å². The fourth-order valence-corrected chi connectivity index (χ4v) is 2.90. The highest BCUT2D eigenvalue weighted by molar-refractivity contribution is 6.71. The summed E-state index contributed by atoms with van der Waals surface area (Å²) in [5.74, 6) is -9.39. The number of halogens is 5. The lowest BCUT2D eigenvalue weighted by atomic mass is 10.1. The molecule has 0 N–H and O–H groups in total. The molecule has 0 bridgehead atoms. The van der Waals surface area contributed by atoms with Gasteiger partial charge in [-0.15, -0.1) is 0 Å². The molecular weight excluding hydrogens is 283 g/mol. The summed E-state index contributed by atoms with van der Waals surface area (Å²) in [7, 11) is -0.364. The van der Waals surface area contributed by atoms with Crippen LogP contribution in [-0.4, -0.2) is 15.4 Å². The second kappa shape index (κ2) is 6.00. The number of rotatable bonds is 5. The Kier molecular flexibility index (Phi) is 5.09. The summed E-state index contributed by atoms with van der Waals surface area (Å²) in [6.45, 7) is 3.82. The normalized spacial score (nSPS) is 12.0. The van der Waals surface area contributed by atoms with Gasteiger partial charge in [0, 0.05) is 12.7 Å². The van der Waals surface area contributed by atoms with Crippen molar-refractivity contribution in [3.63, 3.8) is 0 Å². The first kappa shape index (κ1) is 16.1. The highest BCUT2D eigenvalue weighted by Crippen LogP contribution is 2.25. The van der Waals surface area contributed by atoms with Crippen molar-refractivity contribution in [3.8, 4) is 0 Å². The highest BCUT2D eigenvalue weighted by atomic mass is 28.4. The molecule has 1 rings (SSSR count). The zero-order valence-electron chi connectivity index (χ0n) is 10.9. The van der Waals surface area contributed by atoms with Crippen molar-refractivity contribution in [2.24, 2.45) is 0 Å². The van der Waals surface area contributed by atoms with Crippen LogP contribution in [0.25, 0.3) is 0 Å². The molecule has 1 nitrogen and oxygen atoms in total. The molecule has 0 aliphatic rings. The molecule has 0 fully saturated rings. The van der Waals surface area contributed by atoms with E-state index in [0.717, 1.165) is 0 Å². The lowest BCUT2D eigenvalue weighted by Gasteiger charge is -2.19. The smallest absolute Gasteiger partial charge is 0.200 e. The summed E-state index contributed by atoms with van der Waals surface area (Å²) in [5.41, 5.74) is -0.752. The molecule has 108 valence electrons. The van der Waals surface area contributed by atoms with E-state index in [1.165, 1.54) is 0 Å². The third kappa shape index (κ3) is 3.53. The lowest BCUT2D eigenvalue weighted by Crippen LogP contribution is -2.28. The Morgan fingerprint density at radius 2 is 1.26 bits per heavy atom. The fourth-order valence-electron chi connectivity index (χ4n) is 1.66. The van der Waals surface area contributed by atoms with Crippen LogP contribution in [0.15, 0.2) is 0 Å². The third-order valence-electron chi connectivity index (χ3n) is 3.06. The van der Waals surface area contributed by atoms with E-state index in [-0.39, 0.29) is 6.42 Å². The van der Waals surface area contributed by atoms with E-state index in [1.54, 1.807) is 7.11 Å². The van der Waals surface area contributed by atoms with Crippen LogP contribution in [0.3, 0.4) is 0 Å². The van der Waals surface area contributed by atoms with Gasteiger partial charge in [0.2, 0.25) is 5.82 Å². The van der Waals surface area contributed by atoms with Crippen molar-refractivity contribution in [1.29, 1.82) is 0 Å². The molecule has 0 amide bonds. The van der Waals surface area contributed by atoms with Gasteiger partial charge in [-0.2, -0.15) is 0 Å². The Labute approximate surface area is 109 Å². The minimum absolute atomic E-state index is 0.203. The van der Waals surface area contributed by atoms with Crippen LogP contribution in [0.4, 0.5) is 22.0 Å². The van der Waals surface area contributed by atoms with E-state index in [2.05, 4.69) is 0 Å². The minimum atomic E-state index is -2.12. The molecule has 0 atom stereocenters. The lowest BCUT2D eigenvalue weighted by molar-refractivity contribution is 0.368. The van der Waals surface area contributed by atoms with Gasteiger partial charge in [0.15, 0.2) is 31.6 Å². The van der Waals surface area contributed by atoms with Crippen LogP contribution in [0, 0.1) is 29.1 Å². The summed E-state index contributed by atoms with van der Waals surface area (Å²) in [6, 6.07) is 0.572. The summed E-state index contributed by atoms with van der Waals surface area (Å²) in [5, 5.41) is 0. The van der Waals surface area contributed by atoms with E-state index in [0.29, 0.717) is 12.5 Å². The summed E-state index contributed by atoms with van der Waals surface area (Å²) >= 11 is 0. The van der Waals surface area contributed by atoms with Gasteiger partial charge in [-0.3, -0.25) is 0 Å². The number of hydrogen-bond acceptors (Lipinski definition) is 1. The Bertz CT molecular complexity index is 447. The van der Waals surface area contributed by atoms with Crippen molar-refractivity contribution in [2.75, 3.05) is 7.11 Å². The first-order valence-corrected chi connectivity index (χ1v) is 8.88. The van der Waals surface area contributed by atoms with Gasteiger partial charge in [0.05, 0.1) is 0 Å². The van der Waals surface area contributed by atoms with E-state index in [9.17, 15) is 22.0 Å². The quantitative estimate of drug-likeness (QED) is 0.343. The largest absolute Gasteiger partial charge is 0.420 e. The average Bonchev–Trinajstić information content (AvgIpc) is 2.38. The molecule has 1 aromatic rings. The summed E-state index contributed by atoms with van der Waals surface area (Å²) in [6.07, 6.45) is 0.108. The Balaban J connectivity index is 2.91. The molecule has 0 radical (unpaired) electrons. The van der Waals surface area contributed by atoms with E-state index in [4.69, 9.17) is 4.43 Å². The molecule has 0 saturated carbocycles. The third-order valence-corrected chi connectivity index (χ3v) is 5.72. The molecule has 0 aliphatic heterocycles. The first-order valence-electron chi connectivity index (χ1n) is 5.76. The SMILES string of the molecule is CO[Si](C)(C)CCCc1c(F)c(F)c(F)c(F)c1F. The highest BCUT2D eigenvalue weighted by Gasteiger charge is 2.26. The standard InChI is InChI=1S/C12H15F5OSi/c1-18-19(2,3)6-4-5-7-8(13)10(15)12(17)11(16)9(7)14/h4-6H2,1-3H3. The van der Waals surface area contributed by atoms with Gasteiger partial charge in [0.25, 0.3) is 0 Å². The molecule has 0 spiro atoms. The van der Waals surface area contributed by atoms with Gasteiger partial charge >= 0.3 is 0 Å². The Morgan fingerprint density at radius 1 is 0.842 bits per heavy atom. The maximum Gasteiger partial charge on any atom is 0.200 e. The van der Waals surface area contributed by atoms with Gasteiger partial charge in [-0.1, -0.05) is 0 Å². The van der Waals surface area contributed by atoms with Gasteiger partial charge in [0.1, 0.15) is 0 Å². The number of hydrogen-bond donors (Lipinski definition) is 0. The van der Waals surface area contributed by atoms with E-state index in [1.807, 2.05) is 13.1 Å². The Morgan fingerprint density at radius 3 is 1.68 bits per heavy atom. The molecule has 7 heteroatoms. The zero-order chi connectivity index (χ0) is 14.8. The predicted molar refractivity (Wildman–Crippen MR) is 63.9 cm³/mol. The fraction of sp³-hybridized carbons (Fsp3) is 0.500. The van der Waals surface area contributed by atoms with E-state index >= 15 is 0 Å². The van der Waals surface area contributed by atoms with Gasteiger partial charge < -0.3 is 4.43 Å². The maximum atomic E-state index is 13.4. The van der Waals surface area contributed by atoms with Crippen molar-refractivity contribution in [1.82, 2.24) is 0 Å². The van der Waals surface area contributed by atoms with Crippen LogP contribution in [0.1, 0.15) is 12.0 Å². The van der Waals surface area contributed by atoms with Crippen LogP contribution in [-0.2, 0) is 10.8 Å². The summed E-state index contributed by atoms with van der Waals surface area (Å²) in [4.78, 5) is 0. The molecular formula is C12H15F5OSi. The zero-order valence-corrected chi connectivity index (χ0v) is 11.9. The summed E-state index contributed by atoms with van der Waals surface area (Å²) < 4.78 is 70.7. The molecule has 19 heavy (non-hydrogen) atoms. The molecule has 0 aliphatic carbocycles. The van der Waals surface area contributed by atoms with Crippen LogP contribution in [0.5, 0.6) is 0 Å². The molecule has 0 heterocycles. The average molecular weight is 298 g/mol. The monoisotopic (exact) mass is 298 g/mol. The predicted octanol–water partition coefficient (Wildman–Crippen LogP) is 4.17. The minimum Gasteiger partial charge on any atom is -0.420 e. The topological polar surface area (TPSA) is 9.23 Å². The van der Waals surface area contributed by atoms with Crippen molar-refractivity contribution < 1.29 is 26.4 Å².